The number of aryl methyl sites for hydroxylation is 2. The van der Waals surface area contributed by atoms with Gasteiger partial charge in [0.25, 0.3) is 0 Å². The summed E-state index contributed by atoms with van der Waals surface area (Å²) in [7, 11) is 1.85. The monoisotopic (exact) mass is 543 g/mol. The van der Waals surface area contributed by atoms with Gasteiger partial charge in [-0.15, -0.1) is 18.0 Å². The van der Waals surface area contributed by atoms with Crippen LogP contribution in [0.25, 0.3) is 5.57 Å². The van der Waals surface area contributed by atoms with Crippen LogP contribution in [0.3, 0.4) is 0 Å². The summed E-state index contributed by atoms with van der Waals surface area (Å²) in [5.74, 6) is 5.37. The van der Waals surface area contributed by atoms with Crippen molar-refractivity contribution < 1.29 is 22.7 Å². The number of nitrogens with one attached hydrogen (secondary N) is 2. The molecule has 39 heavy (non-hydrogen) atoms. The lowest BCUT2D eigenvalue weighted by molar-refractivity contribution is -0.136. The molecule has 0 fully saturated rings. The Bertz CT molecular complexity index is 1140. The second-order valence-corrected chi connectivity index (χ2v) is 8.74. The molecule has 0 aliphatic carbocycles. The molecule has 2 rings (SSSR count). The minimum absolute atomic E-state index is 0.00915. The predicted molar refractivity (Wildman–Crippen MR) is 148 cm³/mol. The standard InChI is InChI=1S/C27H34F3N5O2.C2H2/c1-19-7-3-10-21(15-19)24(25(18-36)26(31)34-35-32)17-22(33-2)11-4-8-20-9-5-12-23(16-20)37-14-6-13-27(28,29)30;1-2/h3,5,7,9-10,12,15-16,18,22,33H,4,6,8,11,13-14,17H2,1-2H3,(H3,31,32,34);1-2H/b25-24-;/t22-;/m0./s1. The van der Waals surface area contributed by atoms with Crippen molar-refractivity contribution in [2.45, 2.75) is 57.7 Å². The fourth-order valence-corrected chi connectivity index (χ4v) is 4.00. The second-order valence-electron chi connectivity index (χ2n) is 8.74. The van der Waals surface area contributed by atoms with E-state index < -0.39 is 12.6 Å². The zero-order valence-electron chi connectivity index (χ0n) is 22.3. The molecule has 0 aliphatic rings. The van der Waals surface area contributed by atoms with Crippen molar-refractivity contribution in [2.24, 2.45) is 16.2 Å². The van der Waals surface area contributed by atoms with Crippen molar-refractivity contribution in [3.8, 4) is 18.6 Å². The Balaban J connectivity index is 0.00000371. The fourth-order valence-electron chi connectivity index (χ4n) is 4.00. The molecular weight excluding hydrogens is 507 g/mol. The van der Waals surface area contributed by atoms with Gasteiger partial charge in [-0.05, 0) is 74.9 Å². The number of hydrogen-bond donors (Lipinski definition) is 3. The topological polar surface area (TPSA) is 113 Å². The Morgan fingerprint density at radius 1 is 1.18 bits per heavy atom. The van der Waals surface area contributed by atoms with Crippen LogP contribution in [0.15, 0.2) is 64.4 Å². The molecule has 0 aliphatic heterocycles. The van der Waals surface area contributed by atoms with Crippen LogP contribution < -0.4 is 15.9 Å². The summed E-state index contributed by atoms with van der Waals surface area (Å²) in [5, 5.41) is 18.1. The van der Waals surface area contributed by atoms with Crippen molar-refractivity contribution in [1.82, 2.24) is 5.32 Å². The van der Waals surface area contributed by atoms with Gasteiger partial charge in [0.05, 0.1) is 12.2 Å². The molecule has 1 atom stereocenters. The van der Waals surface area contributed by atoms with E-state index in [-0.39, 0.29) is 30.5 Å². The van der Waals surface area contributed by atoms with Crippen molar-refractivity contribution >= 4 is 17.7 Å². The van der Waals surface area contributed by atoms with Crippen LogP contribution in [-0.4, -0.2) is 38.0 Å². The van der Waals surface area contributed by atoms with Crippen LogP contribution >= 0.6 is 0 Å². The van der Waals surface area contributed by atoms with E-state index in [1.807, 2.05) is 56.4 Å². The van der Waals surface area contributed by atoms with Gasteiger partial charge in [0.2, 0.25) is 0 Å². The maximum absolute atomic E-state index is 12.3. The summed E-state index contributed by atoms with van der Waals surface area (Å²) in [4.78, 5) is 11.9. The summed E-state index contributed by atoms with van der Waals surface area (Å²) in [5.41, 5.74) is 3.69. The molecule has 210 valence electrons. The van der Waals surface area contributed by atoms with Gasteiger partial charge in [-0.25, -0.2) is 0 Å². The molecule has 10 heteroatoms. The number of amidine groups is 1. The average Bonchev–Trinajstić information content (AvgIpc) is 2.91. The Morgan fingerprint density at radius 3 is 2.51 bits per heavy atom. The van der Waals surface area contributed by atoms with E-state index in [1.54, 1.807) is 6.07 Å². The number of nitrogens with two attached hydrogens (primary N) is 1. The van der Waals surface area contributed by atoms with Gasteiger partial charge >= 0.3 is 6.18 Å². The zero-order valence-corrected chi connectivity index (χ0v) is 22.3. The van der Waals surface area contributed by atoms with Crippen LogP contribution in [0.2, 0.25) is 0 Å². The smallest absolute Gasteiger partial charge is 0.389 e. The van der Waals surface area contributed by atoms with E-state index in [0.29, 0.717) is 24.0 Å². The highest BCUT2D eigenvalue weighted by Crippen LogP contribution is 2.27. The van der Waals surface area contributed by atoms with Crippen molar-refractivity contribution in [3.05, 3.63) is 70.8 Å². The van der Waals surface area contributed by atoms with Crippen molar-refractivity contribution in [2.75, 3.05) is 13.7 Å². The van der Waals surface area contributed by atoms with Crippen molar-refractivity contribution in [1.29, 1.82) is 5.41 Å². The van der Waals surface area contributed by atoms with E-state index >= 15 is 0 Å². The van der Waals surface area contributed by atoms with E-state index in [4.69, 9.17) is 16.0 Å². The first kappa shape index (κ1) is 33.1. The Labute approximate surface area is 228 Å². The number of hydrogen-bond acceptors (Lipinski definition) is 5. The lowest BCUT2D eigenvalue weighted by Crippen LogP contribution is -2.26. The molecule has 2 aromatic rings. The molecule has 0 aromatic heterocycles. The fraction of sp³-hybridized carbons (Fsp3) is 0.379. The van der Waals surface area contributed by atoms with E-state index in [1.165, 1.54) is 0 Å². The zero-order chi connectivity index (χ0) is 29.3. The number of ether oxygens (including phenoxy) is 1. The van der Waals surface area contributed by atoms with Crippen LogP contribution in [0, 0.1) is 25.2 Å². The molecule has 0 unspecified atom stereocenters. The van der Waals surface area contributed by atoms with E-state index in [2.05, 4.69) is 28.5 Å². The van der Waals surface area contributed by atoms with Gasteiger partial charge in [-0.1, -0.05) is 47.2 Å². The highest BCUT2D eigenvalue weighted by atomic mass is 19.4. The Morgan fingerprint density at radius 2 is 1.90 bits per heavy atom. The third kappa shape index (κ3) is 12.4. The van der Waals surface area contributed by atoms with Gasteiger partial charge in [-0.3, -0.25) is 10.2 Å². The molecule has 4 N–H and O–H groups in total. The van der Waals surface area contributed by atoms with Crippen LogP contribution in [0.4, 0.5) is 13.2 Å². The summed E-state index contributed by atoms with van der Waals surface area (Å²) in [6.07, 6.45) is 6.32. The molecule has 0 spiro atoms. The molecular formula is C29H36F3N5O2. The molecule has 0 amide bonds. The number of carbonyl (C=O) groups is 1. The van der Waals surface area contributed by atoms with Crippen LogP contribution in [0.5, 0.6) is 5.75 Å². The molecule has 2 aromatic carbocycles. The minimum atomic E-state index is -4.18. The number of halogens is 3. The van der Waals surface area contributed by atoms with Gasteiger partial charge in [-0.2, -0.15) is 13.2 Å². The maximum Gasteiger partial charge on any atom is 0.389 e. The molecule has 7 nitrogen and oxygen atoms in total. The number of terminal acetylenes is 1. The molecule has 0 saturated heterocycles. The molecule has 0 radical (unpaired) electrons. The first-order chi connectivity index (χ1) is 18.7. The van der Waals surface area contributed by atoms with Gasteiger partial charge in [0.15, 0.2) is 12.1 Å². The highest BCUT2D eigenvalue weighted by Gasteiger charge is 2.26. The lowest BCUT2D eigenvalue weighted by atomic mass is 9.90. The van der Waals surface area contributed by atoms with Gasteiger partial charge in [0, 0.05) is 12.5 Å². The Hall–Kier alpha value is -3.97. The number of alkyl halides is 3. The van der Waals surface area contributed by atoms with E-state index in [0.717, 1.165) is 36.0 Å². The number of rotatable bonds is 14. The maximum atomic E-state index is 12.3. The van der Waals surface area contributed by atoms with Crippen LogP contribution in [-0.2, 0) is 11.2 Å². The SMILES string of the molecule is C#C.CN[C@@H](CCCc1cccc(OCCCC(F)(F)F)c1)C/C(=C(\C=O)C(=N)N=NN)c1cccc(C)c1. The third-order valence-electron chi connectivity index (χ3n) is 5.87. The number of aldehydes is 1. The summed E-state index contributed by atoms with van der Waals surface area (Å²) >= 11 is 0. The quantitative estimate of drug-likeness (QED) is 0.0302. The molecule has 0 heterocycles. The van der Waals surface area contributed by atoms with Gasteiger partial charge < -0.3 is 15.9 Å². The predicted octanol–water partition coefficient (Wildman–Crippen LogP) is 6.22. The lowest BCUT2D eigenvalue weighted by Gasteiger charge is -2.20. The Kier molecular flexibility index (Phi) is 14.9. The second kappa shape index (κ2) is 17.5. The minimum Gasteiger partial charge on any atom is -0.494 e. The molecule has 0 saturated carbocycles. The highest BCUT2D eigenvalue weighted by molar-refractivity contribution is 6.18. The third-order valence-corrected chi connectivity index (χ3v) is 5.87. The normalized spacial score (nSPS) is 12.7. The number of benzene rings is 2. The van der Waals surface area contributed by atoms with E-state index in [9.17, 15) is 18.0 Å². The first-order valence-electron chi connectivity index (χ1n) is 12.4. The summed E-state index contributed by atoms with van der Waals surface area (Å²) in [6, 6.07) is 15.1. The number of nitrogens with zero attached hydrogens (tertiary/aromatic N) is 2. The summed E-state index contributed by atoms with van der Waals surface area (Å²) in [6.45, 7) is 1.97. The first-order valence-corrected chi connectivity index (χ1v) is 12.4. The van der Waals surface area contributed by atoms with Crippen molar-refractivity contribution in [3.63, 3.8) is 0 Å². The van der Waals surface area contributed by atoms with Gasteiger partial charge in [0.1, 0.15) is 5.75 Å². The number of carbonyl (C=O) groups excluding carboxylic acids is 1. The largest absolute Gasteiger partial charge is 0.494 e. The average molecular weight is 544 g/mol. The molecule has 0 bridgehead atoms. The summed E-state index contributed by atoms with van der Waals surface area (Å²) < 4.78 is 42.4. The van der Waals surface area contributed by atoms with Crippen LogP contribution in [0.1, 0.15) is 48.8 Å².